The number of carbonyl (C=O) groups excluding carboxylic acids is 1. The zero-order chi connectivity index (χ0) is 22.1. The van der Waals surface area contributed by atoms with Gasteiger partial charge in [-0.25, -0.2) is 9.86 Å². The first-order chi connectivity index (χ1) is 14.1. The number of methoxy groups -OCH3 is 1. The number of nitrogens with zero attached hydrogens (tertiary/aromatic N) is 2. The Morgan fingerprint density at radius 1 is 1.20 bits per heavy atom. The summed E-state index contributed by atoms with van der Waals surface area (Å²) in [5, 5.41) is 5.26. The van der Waals surface area contributed by atoms with Gasteiger partial charge in [-0.15, -0.1) is 13.2 Å². The van der Waals surface area contributed by atoms with Gasteiger partial charge in [0.25, 0.3) is 0 Å². The van der Waals surface area contributed by atoms with Gasteiger partial charge in [-0.2, -0.15) is 0 Å². The molecule has 0 amide bonds. The molecule has 7 nitrogen and oxygen atoms in total. The first-order valence-corrected chi connectivity index (χ1v) is 8.82. The van der Waals surface area contributed by atoms with Gasteiger partial charge in [-0.3, -0.25) is 0 Å². The van der Waals surface area contributed by atoms with Crippen LogP contribution in [0.3, 0.4) is 0 Å². The molecular formula is C20H19F3N2O5. The Morgan fingerprint density at radius 2 is 1.93 bits per heavy atom. The van der Waals surface area contributed by atoms with E-state index >= 15 is 0 Å². The van der Waals surface area contributed by atoms with Crippen molar-refractivity contribution >= 4 is 17.4 Å². The first kappa shape index (κ1) is 21.3. The number of anilines is 1. The molecule has 2 bridgehead atoms. The van der Waals surface area contributed by atoms with Crippen molar-refractivity contribution < 1.29 is 37.1 Å². The first-order valence-electron chi connectivity index (χ1n) is 8.82. The van der Waals surface area contributed by atoms with Gasteiger partial charge >= 0.3 is 12.3 Å². The summed E-state index contributed by atoms with van der Waals surface area (Å²) in [6.45, 7) is 3.56. The molecule has 2 aliphatic heterocycles. The number of benzene rings is 2. The van der Waals surface area contributed by atoms with E-state index in [1.807, 2.05) is 6.07 Å². The summed E-state index contributed by atoms with van der Waals surface area (Å²) in [6.07, 6.45) is -4.78. The van der Waals surface area contributed by atoms with E-state index in [9.17, 15) is 18.0 Å². The number of esters is 1. The van der Waals surface area contributed by atoms with E-state index in [2.05, 4.69) is 9.89 Å². The fraction of sp³-hybridized carbons (Fsp3) is 0.300. The average Bonchev–Trinajstić information content (AvgIpc) is 2.69. The summed E-state index contributed by atoms with van der Waals surface area (Å²) in [6, 6.07) is 8.69. The lowest BCUT2D eigenvalue weighted by atomic mass is 10.0. The molecule has 0 aromatic heterocycles. The minimum atomic E-state index is -4.78. The number of hydroxylamine groups is 1. The lowest BCUT2D eigenvalue weighted by Gasteiger charge is -2.36. The molecule has 0 spiro atoms. The van der Waals surface area contributed by atoms with Gasteiger partial charge in [0, 0.05) is 0 Å². The van der Waals surface area contributed by atoms with Crippen LogP contribution in [0.1, 0.15) is 29.7 Å². The van der Waals surface area contributed by atoms with Crippen LogP contribution < -0.4 is 14.6 Å². The van der Waals surface area contributed by atoms with E-state index in [1.165, 1.54) is 37.5 Å². The van der Waals surface area contributed by atoms with Crippen molar-refractivity contribution in [3.8, 4) is 11.5 Å². The van der Waals surface area contributed by atoms with Gasteiger partial charge in [0.1, 0.15) is 12.9 Å². The number of aryl methyl sites for hydroxylation is 1. The molecule has 0 saturated carbocycles. The monoisotopic (exact) mass is 424 g/mol. The molecule has 1 unspecified atom stereocenters. The van der Waals surface area contributed by atoms with Crippen molar-refractivity contribution in [1.82, 2.24) is 0 Å². The minimum Gasteiger partial charge on any atom is -0.464 e. The summed E-state index contributed by atoms with van der Waals surface area (Å²) < 4.78 is 46.3. The smallest absolute Gasteiger partial charge is 0.464 e. The number of oxime groups is 1. The molecule has 4 rings (SSSR count). The number of ether oxygens (including phenoxy) is 2. The predicted molar refractivity (Wildman–Crippen MR) is 101 cm³/mol. The average molecular weight is 424 g/mol. The van der Waals surface area contributed by atoms with E-state index in [1.54, 1.807) is 26.0 Å². The Kier molecular flexibility index (Phi) is 5.77. The van der Waals surface area contributed by atoms with Gasteiger partial charge in [0.15, 0.2) is 11.5 Å². The molecule has 2 aromatic rings. The highest BCUT2D eigenvalue weighted by Gasteiger charge is 2.33. The van der Waals surface area contributed by atoms with Crippen LogP contribution in [0.2, 0.25) is 0 Å². The van der Waals surface area contributed by atoms with Crippen molar-refractivity contribution in [3.05, 3.63) is 53.1 Å². The molecule has 1 atom stereocenters. The molecule has 0 N–H and O–H groups in total. The Bertz CT molecular complexity index is 991. The van der Waals surface area contributed by atoms with Gasteiger partial charge in [0.05, 0.1) is 24.4 Å². The molecule has 30 heavy (non-hydrogen) atoms. The van der Waals surface area contributed by atoms with Gasteiger partial charge in [-0.1, -0.05) is 17.3 Å². The maximum atomic E-state index is 12.5. The number of fused-ring (bicyclic) bond motifs is 3. The second kappa shape index (κ2) is 8.13. The van der Waals surface area contributed by atoms with Crippen LogP contribution in [0.4, 0.5) is 18.9 Å². The van der Waals surface area contributed by atoms with Gasteiger partial charge < -0.3 is 19.1 Å². The molecule has 2 aliphatic rings. The van der Waals surface area contributed by atoms with E-state index in [0.717, 1.165) is 5.56 Å². The van der Waals surface area contributed by atoms with Crippen LogP contribution in [0, 0.1) is 6.92 Å². The Balaban J connectivity index is 1.94. The normalized spacial score (nSPS) is 14.2. The van der Waals surface area contributed by atoms with E-state index in [0.29, 0.717) is 22.6 Å². The van der Waals surface area contributed by atoms with E-state index in [4.69, 9.17) is 14.4 Å². The van der Waals surface area contributed by atoms with Crippen LogP contribution in [0.5, 0.6) is 11.5 Å². The molecular weight excluding hydrogens is 405 g/mol. The summed E-state index contributed by atoms with van der Waals surface area (Å²) in [5.74, 6) is -0.660. The number of hydrogen-bond donors (Lipinski definition) is 0. The summed E-state index contributed by atoms with van der Waals surface area (Å²) in [5.41, 5.74) is 2.19. The van der Waals surface area contributed by atoms with Crippen LogP contribution in [0.15, 0.2) is 41.6 Å². The third-order valence-corrected chi connectivity index (χ3v) is 4.45. The zero-order valence-electron chi connectivity index (χ0n) is 16.6. The SMILES string of the molecule is CON=C(C(=O)OC)c1cc2cc(C)c1ON2C(C)c1cccc(OC(F)(F)F)c1. The lowest BCUT2D eigenvalue weighted by molar-refractivity contribution is -0.274. The number of hydrogen-bond acceptors (Lipinski definition) is 7. The largest absolute Gasteiger partial charge is 0.573 e. The van der Waals surface area contributed by atoms with Crippen molar-refractivity contribution in [1.29, 1.82) is 0 Å². The summed E-state index contributed by atoms with van der Waals surface area (Å²) in [7, 11) is 2.53. The number of alkyl halides is 3. The van der Waals surface area contributed by atoms with E-state index < -0.39 is 18.4 Å². The molecule has 0 aliphatic carbocycles. The van der Waals surface area contributed by atoms with Gasteiger partial charge in [0.2, 0.25) is 0 Å². The summed E-state index contributed by atoms with van der Waals surface area (Å²) >= 11 is 0. The second-order valence-corrected chi connectivity index (χ2v) is 6.47. The molecule has 2 aromatic carbocycles. The number of halogens is 3. The predicted octanol–water partition coefficient (Wildman–Crippen LogP) is 4.29. The summed E-state index contributed by atoms with van der Waals surface area (Å²) in [4.78, 5) is 22.8. The van der Waals surface area contributed by atoms with Crippen LogP contribution >= 0.6 is 0 Å². The van der Waals surface area contributed by atoms with Crippen LogP contribution in [-0.4, -0.2) is 32.3 Å². The van der Waals surface area contributed by atoms with Crippen molar-refractivity contribution in [2.75, 3.05) is 19.3 Å². The number of rotatable bonds is 6. The van der Waals surface area contributed by atoms with Gasteiger partial charge in [-0.05, 0) is 49.2 Å². The highest BCUT2D eigenvalue weighted by atomic mass is 19.4. The quantitative estimate of drug-likeness (QED) is 0.392. The highest BCUT2D eigenvalue weighted by molar-refractivity contribution is 6.44. The number of carbonyl (C=O) groups is 1. The Morgan fingerprint density at radius 3 is 2.53 bits per heavy atom. The maximum absolute atomic E-state index is 12.5. The van der Waals surface area contributed by atoms with Crippen molar-refractivity contribution in [3.63, 3.8) is 0 Å². The minimum absolute atomic E-state index is 0.0622. The Hall–Kier alpha value is -3.43. The topological polar surface area (TPSA) is 69.6 Å². The standard InChI is InChI=1S/C20H19F3N2O5/c1-11-8-14-10-16(17(24-28-4)19(26)27-3)18(11)30-25(14)12(2)13-6-5-7-15(9-13)29-20(21,22)23/h5-10,12H,1-4H3. The lowest BCUT2D eigenvalue weighted by Crippen LogP contribution is -2.35. The maximum Gasteiger partial charge on any atom is 0.573 e. The highest BCUT2D eigenvalue weighted by Crippen LogP contribution is 2.41. The third kappa shape index (κ3) is 4.27. The fourth-order valence-electron chi connectivity index (χ4n) is 3.12. The molecule has 2 heterocycles. The third-order valence-electron chi connectivity index (χ3n) is 4.45. The van der Waals surface area contributed by atoms with Crippen molar-refractivity contribution in [2.24, 2.45) is 5.16 Å². The molecule has 0 fully saturated rings. The fourth-order valence-corrected chi connectivity index (χ4v) is 3.12. The van der Waals surface area contributed by atoms with E-state index in [-0.39, 0.29) is 11.5 Å². The van der Waals surface area contributed by atoms with Crippen molar-refractivity contribution in [2.45, 2.75) is 26.3 Å². The molecule has 160 valence electrons. The van der Waals surface area contributed by atoms with Crippen LogP contribution in [0.25, 0.3) is 0 Å². The molecule has 10 heteroatoms. The molecule has 0 radical (unpaired) electrons. The zero-order valence-corrected chi connectivity index (χ0v) is 16.6. The molecule has 0 saturated heterocycles. The van der Waals surface area contributed by atoms with Crippen LogP contribution in [-0.2, 0) is 14.4 Å². The Labute approximate surface area is 170 Å². The second-order valence-electron chi connectivity index (χ2n) is 6.47.